The van der Waals surface area contributed by atoms with Crippen LogP contribution in [-0.4, -0.2) is 36.2 Å². The van der Waals surface area contributed by atoms with Gasteiger partial charge in [0.2, 0.25) is 0 Å². The highest BCUT2D eigenvalue weighted by atomic mass is 16.5. The van der Waals surface area contributed by atoms with Crippen LogP contribution in [0.25, 0.3) is 0 Å². The van der Waals surface area contributed by atoms with E-state index < -0.39 is 0 Å². The molecule has 1 heterocycles. The lowest BCUT2D eigenvalue weighted by Gasteiger charge is -2.22. The van der Waals surface area contributed by atoms with E-state index in [4.69, 9.17) is 4.74 Å². The summed E-state index contributed by atoms with van der Waals surface area (Å²) in [5, 5.41) is 9.99. The second kappa shape index (κ2) is 8.53. The Labute approximate surface area is 178 Å². The zero-order chi connectivity index (χ0) is 20.3. The highest BCUT2D eigenvalue weighted by Gasteiger charge is 2.34. The van der Waals surface area contributed by atoms with Crippen LogP contribution in [0.15, 0.2) is 72.8 Å². The summed E-state index contributed by atoms with van der Waals surface area (Å²) >= 11 is 0. The van der Waals surface area contributed by atoms with Gasteiger partial charge in [-0.1, -0.05) is 48.5 Å². The summed E-state index contributed by atoms with van der Waals surface area (Å²) < 4.78 is 6.01. The average molecular weight is 400 g/mol. The molecule has 0 amide bonds. The number of phenols is 1. The van der Waals surface area contributed by atoms with Gasteiger partial charge in [-0.05, 0) is 84.8 Å². The lowest BCUT2D eigenvalue weighted by molar-refractivity contribution is 0.237. The molecule has 2 atom stereocenters. The summed E-state index contributed by atoms with van der Waals surface area (Å²) in [6.45, 7) is 4.18. The van der Waals surface area contributed by atoms with E-state index in [-0.39, 0.29) is 0 Å². The molecule has 30 heavy (non-hydrogen) atoms. The lowest BCUT2D eigenvalue weighted by atomic mass is 9.82. The van der Waals surface area contributed by atoms with Gasteiger partial charge in [-0.3, -0.25) is 4.90 Å². The Balaban J connectivity index is 1.36. The fourth-order valence-electron chi connectivity index (χ4n) is 5.14. The van der Waals surface area contributed by atoms with Gasteiger partial charge in [0.05, 0.1) is 0 Å². The number of ether oxygens (including phenoxy) is 1. The molecule has 1 saturated heterocycles. The van der Waals surface area contributed by atoms with Crippen molar-refractivity contribution in [2.75, 3.05) is 26.2 Å². The van der Waals surface area contributed by atoms with Crippen molar-refractivity contribution in [3.05, 3.63) is 95.1 Å². The molecule has 2 unspecified atom stereocenters. The number of nitrogens with zero attached hydrogens (tertiary/aromatic N) is 1. The minimum absolute atomic E-state index is 0.293. The fourth-order valence-corrected chi connectivity index (χ4v) is 5.14. The first-order valence-corrected chi connectivity index (χ1v) is 11.1. The molecule has 5 rings (SSSR count). The molecule has 1 aliphatic carbocycles. The highest BCUT2D eigenvalue weighted by Crippen LogP contribution is 2.48. The first-order chi connectivity index (χ1) is 14.8. The maximum absolute atomic E-state index is 9.99. The Morgan fingerprint density at radius 1 is 0.867 bits per heavy atom. The smallest absolute Gasteiger partial charge is 0.119 e. The molecule has 3 nitrogen and oxygen atoms in total. The van der Waals surface area contributed by atoms with E-state index in [1.54, 1.807) is 0 Å². The monoisotopic (exact) mass is 399 g/mol. The third-order valence-electron chi connectivity index (χ3n) is 6.65. The van der Waals surface area contributed by atoms with Gasteiger partial charge in [0.25, 0.3) is 0 Å². The van der Waals surface area contributed by atoms with Crippen LogP contribution < -0.4 is 4.74 Å². The van der Waals surface area contributed by atoms with Crippen LogP contribution in [0.4, 0.5) is 0 Å². The van der Waals surface area contributed by atoms with Gasteiger partial charge in [0, 0.05) is 12.5 Å². The number of hydrogen-bond donors (Lipinski definition) is 1. The summed E-state index contributed by atoms with van der Waals surface area (Å²) in [4.78, 5) is 2.48. The Kier molecular flexibility index (Phi) is 5.46. The molecule has 0 radical (unpaired) electrons. The van der Waals surface area contributed by atoms with Gasteiger partial charge >= 0.3 is 0 Å². The number of benzene rings is 3. The summed E-state index contributed by atoms with van der Waals surface area (Å²) in [7, 11) is 0. The zero-order valence-electron chi connectivity index (χ0n) is 17.3. The molecule has 2 aliphatic rings. The molecule has 1 fully saturated rings. The lowest BCUT2D eigenvalue weighted by Crippen LogP contribution is -2.25. The van der Waals surface area contributed by atoms with Crippen LogP contribution >= 0.6 is 0 Å². The third-order valence-corrected chi connectivity index (χ3v) is 6.65. The van der Waals surface area contributed by atoms with Crippen molar-refractivity contribution in [2.45, 2.75) is 31.1 Å². The van der Waals surface area contributed by atoms with Gasteiger partial charge in [-0.15, -0.1) is 0 Å². The first kappa shape index (κ1) is 19.2. The molecule has 3 aromatic carbocycles. The largest absolute Gasteiger partial charge is 0.508 e. The predicted octanol–water partition coefficient (Wildman–Crippen LogP) is 5.34. The number of likely N-dealkylation sites (tertiary alicyclic amines) is 1. The maximum Gasteiger partial charge on any atom is 0.119 e. The van der Waals surface area contributed by atoms with Crippen LogP contribution in [0.3, 0.4) is 0 Å². The molecule has 1 aliphatic heterocycles. The molecule has 0 aromatic heterocycles. The Bertz CT molecular complexity index is 978. The number of phenolic OH excluding ortho intramolecular Hbond substituents is 1. The zero-order valence-corrected chi connectivity index (χ0v) is 17.3. The topological polar surface area (TPSA) is 32.7 Å². The quantitative estimate of drug-likeness (QED) is 0.607. The molecule has 0 bridgehead atoms. The summed E-state index contributed by atoms with van der Waals surface area (Å²) in [6, 6.07) is 25.2. The van der Waals surface area contributed by atoms with Crippen LogP contribution in [-0.2, 0) is 6.42 Å². The molecule has 3 aromatic rings. The van der Waals surface area contributed by atoms with E-state index in [0.29, 0.717) is 17.6 Å². The van der Waals surface area contributed by atoms with Crippen molar-refractivity contribution in [3.63, 3.8) is 0 Å². The van der Waals surface area contributed by atoms with Crippen molar-refractivity contribution in [2.24, 2.45) is 0 Å². The van der Waals surface area contributed by atoms with Crippen molar-refractivity contribution < 1.29 is 9.84 Å². The van der Waals surface area contributed by atoms with E-state index in [2.05, 4.69) is 65.6 Å². The van der Waals surface area contributed by atoms with E-state index in [1.165, 1.54) is 48.2 Å². The highest BCUT2D eigenvalue weighted by molar-refractivity contribution is 5.50. The number of rotatable bonds is 6. The molecule has 1 N–H and O–H groups in total. The Morgan fingerprint density at radius 2 is 1.63 bits per heavy atom. The standard InChI is InChI=1S/C27H29NO2/c29-23-10-13-25-22(18-23)19-26(20-6-2-1-3-7-20)27(25)21-8-11-24(12-9-21)30-17-16-28-14-4-5-15-28/h1-3,6-13,18,26-27,29H,4-5,14-17,19H2. The summed E-state index contributed by atoms with van der Waals surface area (Å²) in [5.74, 6) is 1.97. The molecule has 3 heteroatoms. The van der Waals surface area contributed by atoms with E-state index >= 15 is 0 Å². The molecule has 0 spiro atoms. The van der Waals surface area contributed by atoms with Gasteiger partial charge in [0.15, 0.2) is 0 Å². The van der Waals surface area contributed by atoms with Crippen molar-refractivity contribution >= 4 is 0 Å². The van der Waals surface area contributed by atoms with Crippen molar-refractivity contribution in [1.82, 2.24) is 4.90 Å². The Morgan fingerprint density at radius 3 is 2.40 bits per heavy atom. The van der Waals surface area contributed by atoms with E-state index in [9.17, 15) is 5.11 Å². The number of aromatic hydroxyl groups is 1. The van der Waals surface area contributed by atoms with Crippen molar-refractivity contribution in [1.29, 1.82) is 0 Å². The first-order valence-electron chi connectivity index (χ1n) is 11.1. The minimum atomic E-state index is 0.293. The summed E-state index contributed by atoms with van der Waals surface area (Å²) in [6.07, 6.45) is 3.59. The maximum atomic E-state index is 9.99. The molecular weight excluding hydrogens is 370 g/mol. The van der Waals surface area contributed by atoms with Gasteiger partial charge in [-0.25, -0.2) is 0 Å². The van der Waals surface area contributed by atoms with Crippen molar-refractivity contribution in [3.8, 4) is 11.5 Å². The number of hydrogen-bond acceptors (Lipinski definition) is 3. The van der Waals surface area contributed by atoms with Crippen LogP contribution in [0.2, 0.25) is 0 Å². The van der Waals surface area contributed by atoms with Gasteiger partial charge < -0.3 is 9.84 Å². The van der Waals surface area contributed by atoms with Gasteiger partial charge in [-0.2, -0.15) is 0 Å². The molecule has 154 valence electrons. The summed E-state index contributed by atoms with van der Waals surface area (Å²) in [5.41, 5.74) is 5.23. The SMILES string of the molecule is Oc1ccc2c(c1)CC(c1ccccc1)C2c1ccc(OCCN2CCCC2)cc1. The minimum Gasteiger partial charge on any atom is -0.508 e. The number of fused-ring (bicyclic) bond motifs is 1. The van der Waals surface area contributed by atoms with Crippen LogP contribution in [0.5, 0.6) is 11.5 Å². The third kappa shape index (κ3) is 3.95. The fraction of sp³-hybridized carbons (Fsp3) is 0.333. The normalized spacial score (nSPS) is 20.9. The van der Waals surface area contributed by atoms with E-state index in [0.717, 1.165) is 25.3 Å². The van der Waals surface area contributed by atoms with E-state index in [1.807, 2.05) is 12.1 Å². The second-order valence-electron chi connectivity index (χ2n) is 8.55. The van der Waals surface area contributed by atoms with Gasteiger partial charge in [0.1, 0.15) is 18.1 Å². The second-order valence-corrected chi connectivity index (χ2v) is 8.55. The molecular formula is C27H29NO2. The average Bonchev–Trinajstić information content (AvgIpc) is 3.42. The predicted molar refractivity (Wildman–Crippen MR) is 120 cm³/mol. The molecule has 0 saturated carbocycles. The van der Waals surface area contributed by atoms with Crippen LogP contribution in [0, 0.1) is 0 Å². The van der Waals surface area contributed by atoms with Crippen LogP contribution in [0.1, 0.15) is 46.9 Å². The Hall–Kier alpha value is -2.78.